The third kappa shape index (κ3) is 2.40. The van der Waals surface area contributed by atoms with Crippen LogP contribution >= 0.6 is 0 Å². The van der Waals surface area contributed by atoms with Gasteiger partial charge in [-0.15, -0.1) is 0 Å². The zero-order chi connectivity index (χ0) is 11.5. The second kappa shape index (κ2) is 5.17. The van der Waals surface area contributed by atoms with Crippen LogP contribution in [-0.2, 0) is 4.79 Å². The summed E-state index contributed by atoms with van der Waals surface area (Å²) in [7, 11) is 0. The lowest BCUT2D eigenvalue weighted by molar-refractivity contribution is -0.123. The molecule has 2 aliphatic rings. The molecule has 3 N–H and O–H groups in total. The van der Waals surface area contributed by atoms with E-state index in [4.69, 9.17) is 5.73 Å². The number of carbonyl (C=O) groups excluding carboxylic acids is 1. The first kappa shape index (κ1) is 11.9. The SMILES string of the molecule is CCC(CCN)NC(=O)C1C2CCCCC21. The van der Waals surface area contributed by atoms with Crippen molar-refractivity contribution in [1.82, 2.24) is 5.32 Å². The van der Waals surface area contributed by atoms with Crippen molar-refractivity contribution in [3.8, 4) is 0 Å². The van der Waals surface area contributed by atoms with Crippen LogP contribution in [0.2, 0.25) is 0 Å². The van der Waals surface area contributed by atoms with Crippen molar-refractivity contribution in [2.75, 3.05) is 6.54 Å². The highest BCUT2D eigenvalue weighted by Crippen LogP contribution is 2.55. The monoisotopic (exact) mass is 224 g/mol. The van der Waals surface area contributed by atoms with E-state index in [1.807, 2.05) is 0 Å². The van der Waals surface area contributed by atoms with E-state index in [0.717, 1.165) is 12.8 Å². The van der Waals surface area contributed by atoms with Gasteiger partial charge < -0.3 is 11.1 Å². The molecule has 0 spiro atoms. The molecule has 0 saturated heterocycles. The molecule has 3 nitrogen and oxygen atoms in total. The first-order valence-corrected chi connectivity index (χ1v) is 6.78. The van der Waals surface area contributed by atoms with Crippen molar-refractivity contribution in [1.29, 1.82) is 0 Å². The number of fused-ring (bicyclic) bond motifs is 1. The largest absolute Gasteiger partial charge is 0.353 e. The average Bonchev–Trinajstić information content (AvgIpc) is 3.02. The van der Waals surface area contributed by atoms with Crippen LogP contribution in [0.4, 0.5) is 0 Å². The van der Waals surface area contributed by atoms with Crippen LogP contribution in [0.25, 0.3) is 0 Å². The maximum Gasteiger partial charge on any atom is 0.223 e. The highest BCUT2D eigenvalue weighted by atomic mass is 16.2. The standard InChI is InChI=1S/C13H24N2O/c1-2-9(7-8-14)15-13(16)12-10-5-3-4-6-11(10)12/h9-12H,2-8,14H2,1H3,(H,15,16). The van der Waals surface area contributed by atoms with Crippen molar-refractivity contribution in [3.63, 3.8) is 0 Å². The van der Waals surface area contributed by atoms with Gasteiger partial charge >= 0.3 is 0 Å². The molecule has 2 saturated carbocycles. The fourth-order valence-corrected chi connectivity index (χ4v) is 3.26. The quantitative estimate of drug-likeness (QED) is 0.746. The normalized spacial score (nSPS) is 34.0. The molecule has 3 heteroatoms. The van der Waals surface area contributed by atoms with E-state index >= 15 is 0 Å². The Labute approximate surface area is 98.2 Å². The summed E-state index contributed by atoms with van der Waals surface area (Å²) in [4.78, 5) is 12.1. The number of nitrogens with two attached hydrogens (primary N) is 1. The molecule has 0 heterocycles. The summed E-state index contributed by atoms with van der Waals surface area (Å²) >= 11 is 0. The van der Waals surface area contributed by atoms with Crippen molar-refractivity contribution < 1.29 is 4.79 Å². The Balaban J connectivity index is 1.80. The van der Waals surface area contributed by atoms with Crippen molar-refractivity contribution in [2.45, 2.75) is 51.5 Å². The fraction of sp³-hybridized carbons (Fsp3) is 0.923. The van der Waals surface area contributed by atoms with Gasteiger partial charge in [0.2, 0.25) is 5.91 Å². The minimum atomic E-state index is 0.292. The molecular weight excluding hydrogens is 200 g/mol. The third-order valence-corrected chi connectivity index (χ3v) is 4.31. The van der Waals surface area contributed by atoms with E-state index in [0.29, 0.717) is 36.2 Å². The van der Waals surface area contributed by atoms with Crippen LogP contribution in [0.5, 0.6) is 0 Å². The van der Waals surface area contributed by atoms with E-state index < -0.39 is 0 Å². The second-order valence-corrected chi connectivity index (χ2v) is 5.33. The molecule has 2 aliphatic carbocycles. The molecule has 0 aromatic rings. The smallest absolute Gasteiger partial charge is 0.223 e. The predicted octanol–water partition coefficient (Wildman–Crippen LogP) is 1.67. The number of hydrogen-bond donors (Lipinski definition) is 2. The summed E-state index contributed by atoms with van der Waals surface area (Å²) in [5.41, 5.74) is 5.54. The minimum Gasteiger partial charge on any atom is -0.353 e. The fourth-order valence-electron chi connectivity index (χ4n) is 3.26. The van der Waals surface area contributed by atoms with Crippen molar-refractivity contribution >= 4 is 5.91 Å². The number of rotatable bonds is 5. The molecule has 0 aliphatic heterocycles. The van der Waals surface area contributed by atoms with Gasteiger partial charge in [0.1, 0.15) is 0 Å². The summed E-state index contributed by atoms with van der Waals surface area (Å²) in [6.45, 7) is 2.77. The Morgan fingerprint density at radius 1 is 1.38 bits per heavy atom. The predicted molar refractivity (Wildman–Crippen MR) is 64.8 cm³/mol. The molecule has 0 aromatic carbocycles. The molecule has 2 fully saturated rings. The van der Waals surface area contributed by atoms with Gasteiger partial charge in [-0.25, -0.2) is 0 Å². The van der Waals surface area contributed by atoms with Crippen molar-refractivity contribution in [2.24, 2.45) is 23.5 Å². The summed E-state index contributed by atoms with van der Waals surface area (Å²) in [6, 6.07) is 0.292. The lowest BCUT2D eigenvalue weighted by Crippen LogP contribution is -2.37. The topological polar surface area (TPSA) is 55.1 Å². The summed E-state index contributed by atoms with van der Waals surface area (Å²) in [6.07, 6.45) is 7.10. The van der Waals surface area contributed by atoms with Crippen molar-refractivity contribution in [3.05, 3.63) is 0 Å². The highest BCUT2D eigenvalue weighted by molar-refractivity contribution is 5.82. The molecule has 0 bridgehead atoms. The first-order chi connectivity index (χ1) is 7.77. The Kier molecular flexibility index (Phi) is 3.85. The average molecular weight is 224 g/mol. The van der Waals surface area contributed by atoms with Gasteiger partial charge in [-0.05, 0) is 44.1 Å². The van der Waals surface area contributed by atoms with Crippen LogP contribution in [0.15, 0.2) is 0 Å². The molecule has 3 unspecified atom stereocenters. The van der Waals surface area contributed by atoms with Gasteiger partial charge in [-0.2, -0.15) is 0 Å². The molecule has 2 rings (SSSR count). The molecule has 0 radical (unpaired) electrons. The number of nitrogens with one attached hydrogen (secondary N) is 1. The zero-order valence-electron chi connectivity index (χ0n) is 10.2. The van der Waals surface area contributed by atoms with E-state index in [9.17, 15) is 4.79 Å². The lowest BCUT2D eigenvalue weighted by atomic mass is 10.0. The summed E-state index contributed by atoms with van der Waals surface area (Å²) in [5.74, 6) is 2.07. The second-order valence-electron chi connectivity index (χ2n) is 5.33. The van der Waals surface area contributed by atoms with Gasteiger partial charge in [0.15, 0.2) is 0 Å². The van der Waals surface area contributed by atoms with Gasteiger partial charge in [0.05, 0.1) is 0 Å². The number of carbonyl (C=O) groups is 1. The Hall–Kier alpha value is -0.570. The van der Waals surface area contributed by atoms with Crippen LogP contribution in [0.1, 0.15) is 45.4 Å². The summed E-state index contributed by atoms with van der Waals surface area (Å²) in [5, 5.41) is 3.17. The van der Waals surface area contributed by atoms with Crippen LogP contribution < -0.4 is 11.1 Å². The van der Waals surface area contributed by atoms with E-state index in [1.54, 1.807) is 0 Å². The highest BCUT2D eigenvalue weighted by Gasteiger charge is 2.54. The van der Waals surface area contributed by atoms with Crippen LogP contribution in [-0.4, -0.2) is 18.5 Å². The Bertz CT molecular complexity index is 242. The Morgan fingerprint density at radius 3 is 2.50 bits per heavy atom. The van der Waals surface area contributed by atoms with Crippen LogP contribution in [0, 0.1) is 17.8 Å². The molecule has 1 amide bonds. The molecule has 16 heavy (non-hydrogen) atoms. The van der Waals surface area contributed by atoms with Gasteiger partial charge in [-0.1, -0.05) is 19.8 Å². The van der Waals surface area contributed by atoms with Gasteiger partial charge in [0, 0.05) is 12.0 Å². The van der Waals surface area contributed by atoms with E-state index in [-0.39, 0.29) is 0 Å². The molecule has 92 valence electrons. The van der Waals surface area contributed by atoms with E-state index in [1.165, 1.54) is 25.7 Å². The zero-order valence-corrected chi connectivity index (χ0v) is 10.2. The lowest BCUT2D eigenvalue weighted by Gasteiger charge is -2.15. The van der Waals surface area contributed by atoms with E-state index in [2.05, 4.69) is 12.2 Å². The van der Waals surface area contributed by atoms with Crippen LogP contribution in [0.3, 0.4) is 0 Å². The first-order valence-electron chi connectivity index (χ1n) is 6.78. The summed E-state index contributed by atoms with van der Waals surface area (Å²) < 4.78 is 0. The third-order valence-electron chi connectivity index (χ3n) is 4.31. The number of amides is 1. The maximum atomic E-state index is 12.1. The molecule has 3 atom stereocenters. The minimum absolute atomic E-state index is 0.292. The Morgan fingerprint density at radius 2 is 2.00 bits per heavy atom. The van der Waals surface area contributed by atoms with Gasteiger partial charge in [-0.3, -0.25) is 4.79 Å². The van der Waals surface area contributed by atoms with Gasteiger partial charge in [0.25, 0.3) is 0 Å². The molecular formula is C13H24N2O. The maximum absolute atomic E-state index is 12.1. The number of hydrogen-bond acceptors (Lipinski definition) is 2. The molecule has 0 aromatic heterocycles.